The maximum absolute atomic E-state index is 9.59. The minimum Gasteiger partial charge on any atom is -0.448 e. The third-order valence-electron chi connectivity index (χ3n) is 3.88. The number of nitrogens with zero attached hydrogens (tertiary/aromatic N) is 2. The molecule has 4 nitrogen and oxygen atoms in total. The van der Waals surface area contributed by atoms with Gasteiger partial charge in [0.05, 0.1) is 11.8 Å². The number of hydrogen-bond donors (Lipinski definition) is 1. The van der Waals surface area contributed by atoms with Crippen molar-refractivity contribution in [1.29, 1.82) is 0 Å². The summed E-state index contributed by atoms with van der Waals surface area (Å²) in [6, 6.07) is 0. The van der Waals surface area contributed by atoms with Crippen LogP contribution in [0.25, 0.3) is 0 Å². The van der Waals surface area contributed by atoms with E-state index in [0.29, 0.717) is 11.8 Å². The average molecular weight is 252 g/mol. The first kappa shape index (κ1) is 13.6. The number of likely N-dealkylation sites (tertiary alicyclic amines) is 1. The van der Waals surface area contributed by atoms with Crippen LogP contribution in [0.1, 0.15) is 51.0 Å². The number of aliphatic hydroxyl groups is 1. The van der Waals surface area contributed by atoms with Crippen molar-refractivity contribution in [2.45, 2.75) is 52.2 Å². The highest BCUT2D eigenvalue weighted by atomic mass is 16.3. The fraction of sp³-hybridized carbons (Fsp3) is 0.786. The molecule has 1 unspecified atom stereocenters. The van der Waals surface area contributed by atoms with Crippen LogP contribution in [0.3, 0.4) is 0 Å². The van der Waals surface area contributed by atoms with E-state index >= 15 is 0 Å². The molecule has 102 valence electrons. The second-order valence-electron chi connectivity index (χ2n) is 5.67. The van der Waals surface area contributed by atoms with E-state index in [0.717, 1.165) is 43.9 Å². The van der Waals surface area contributed by atoms with Gasteiger partial charge in [-0.15, -0.1) is 0 Å². The second-order valence-corrected chi connectivity index (χ2v) is 5.67. The molecule has 18 heavy (non-hydrogen) atoms. The van der Waals surface area contributed by atoms with Crippen LogP contribution >= 0.6 is 0 Å². The van der Waals surface area contributed by atoms with Gasteiger partial charge in [0.15, 0.2) is 6.39 Å². The summed E-state index contributed by atoms with van der Waals surface area (Å²) in [5.74, 6) is 1.85. The zero-order valence-electron chi connectivity index (χ0n) is 11.6. The molecular formula is C14H24N2O2. The lowest BCUT2D eigenvalue weighted by Crippen LogP contribution is -2.36. The topological polar surface area (TPSA) is 49.5 Å². The highest BCUT2D eigenvalue weighted by Gasteiger charge is 2.24. The molecule has 0 radical (unpaired) electrons. The molecule has 4 heteroatoms. The maximum Gasteiger partial charge on any atom is 0.181 e. The van der Waals surface area contributed by atoms with Gasteiger partial charge < -0.3 is 9.52 Å². The average Bonchev–Trinajstić information content (AvgIpc) is 2.78. The molecule has 0 spiro atoms. The minimum atomic E-state index is -0.176. The van der Waals surface area contributed by atoms with E-state index in [4.69, 9.17) is 4.42 Å². The van der Waals surface area contributed by atoms with Crippen molar-refractivity contribution in [2.24, 2.45) is 5.92 Å². The lowest BCUT2D eigenvalue weighted by Gasteiger charge is -2.32. The van der Waals surface area contributed by atoms with E-state index in [1.807, 2.05) is 6.92 Å². The standard InChI is InChI=1S/C14H24N2O2/c1-10(2)14-13(15-9-18-14)8-16-6-4-12(5-7-16)11(3)17/h9-12,17H,4-8H2,1-3H3. The molecule has 1 aromatic heterocycles. The van der Waals surface area contributed by atoms with Crippen LogP contribution in [-0.2, 0) is 6.54 Å². The molecule has 0 bridgehead atoms. The summed E-state index contributed by atoms with van der Waals surface area (Å²) in [4.78, 5) is 6.73. The van der Waals surface area contributed by atoms with Crippen LogP contribution in [0, 0.1) is 5.92 Å². The SMILES string of the molecule is CC(C)c1ocnc1CN1CCC(C(C)O)CC1. The first-order valence-electron chi connectivity index (χ1n) is 6.90. The molecule has 2 rings (SSSR count). The Bertz CT molecular complexity index is 366. The zero-order valence-corrected chi connectivity index (χ0v) is 11.6. The van der Waals surface area contributed by atoms with Crippen LogP contribution < -0.4 is 0 Å². The van der Waals surface area contributed by atoms with Crippen molar-refractivity contribution in [3.8, 4) is 0 Å². The Hall–Kier alpha value is -0.870. The molecular weight excluding hydrogens is 228 g/mol. The Morgan fingerprint density at radius 2 is 2.06 bits per heavy atom. The van der Waals surface area contributed by atoms with Gasteiger partial charge in [-0.3, -0.25) is 4.90 Å². The number of oxazole rings is 1. The molecule has 1 saturated heterocycles. The number of piperidine rings is 1. The summed E-state index contributed by atoms with van der Waals surface area (Å²) in [5, 5.41) is 9.59. The first-order valence-corrected chi connectivity index (χ1v) is 6.90. The molecule has 0 saturated carbocycles. The Labute approximate surface area is 109 Å². The summed E-state index contributed by atoms with van der Waals surface area (Å²) in [7, 11) is 0. The van der Waals surface area contributed by atoms with Crippen LogP contribution in [0.2, 0.25) is 0 Å². The highest BCUT2D eigenvalue weighted by Crippen LogP contribution is 2.24. The van der Waals surface area contributed by atoms with E-state index in [1.54, 1.807) is 6.39 Å². The van der Waals surface area contributed by atoms with Gasteiger partial charge in [-0.05, 0) is 38.8 Å². The summed E-state index contributed by atoms with van der Waals surface area (Å²) in [6.07, 6.45) is 3.53. The predicted octanol–water partition coefficient (Wildman–Crippen LogP) is 2.39. The molecule has 1 fully saturated rings. The largest absolute Gasteiger partial charge is 0.448 e. The van der Waals surface area contributed by atoms with Gasteiger partial charge in [0, 0.05) is 12.5 Å². The quantitative estimate of drug-likeness (QED) is 0.894. The summed E-state index contributed by atoms with van der Waals surface area (Å²) in [6.45, 7) is 9.11. The van der Waals surface area contributed by atoms with E-state index < -0.39 is 0 Å². The van der Waals surface area contributed by atoms with Crippen LogP contribution in [0.4, 0.5) is 0 Å². The molecule has 2 heterocycles. The van der Waals surface area contributed by atoms with Gasteiger partial charge >= 0.3 is 0 Å². The zero-order chi connectivity index (χ0) is 13.1. The first-order chi connectivity index (χ1) is 8.58. The van der Waals surface area contributed by atoms with E-state index in [-0.39, 0.29) is 6.10 Å². The maximum atomic E-state index is 9.59. The van der Waals surface area contributed by atoms with Crippen molar-refractivity contribution in [2.75, 3.05) is 13.1 Å². The summed E-state index contributed by atoms with van der Waals surface area (Å²) >= 11 is 0. The van der Waals surface area contributed by atoms with Crippen molar-refractivity contribution in [1.82, 2.24) is 9.88 Å². The minimum absolute atomic E-state index is 0.176. The van der Waals surface area contributed by atoms with Gasteiger partial charge in [0.25, 0.3) is 0 Å². The second kappa shape index (κ2) is 5.85. The van der Waals surface area contributed by atoms with Gasteiger partial charge in [0.1, 0.15) is 5.76 Å². The normalized spacial score (nSPS) is 20.5. The van der Waals surface area contributed by atoms with Crippen molar-refractivity contribution in [3.63, 3.8) is 0 Å². The smallest absolute Gasteiger partial charge is 0.181 e. The molecule has 1 N–H and O–H groups in total. The summed E-state index contributed by atoms with van der Waals surface area (Å²) in [5.41, 5.74) is 1.07. The van der Waals surface area contributed by atoms with Crippen molar-refractivity contribution in [3.05, 3.63) is 17.8 Å². The molecule has 0 aromatic carbocycles. The number of aliphatic hydroxyl groups excluding tert-OH is 1. The summed E-state index contributed by atoms with van der Waals surface area (Å²) < 4.78 is 5.45. The molecule has 1 aliphatic rings. The monoisotopic (exact) mass is 252 g/mol. The van der Waals surface area contributed by atoms with E-state index in [1.165, 1.54) is 0 Å². The Kier molecular flexibility index (Phi) is 4.40. The fourth-order valence-corrected chi connectivity index (χ4v) is 2.67. The van der Waals surface area contributed by atoms with Gasteiger partial charge in [-0.25, -0.2) is 4.98 Å². The van der Waals surface area contributed by atoms with Crippen LogP contribution in [0.5, 0.6) is 0 Å². The van der Waals surface area contributed by atoms with Crippen LogP contribution in [-0.4, -0.2) is 34.2 Å². The Morgan fingerprint density at radius 1 is 1.39 bits per heavy atom. The predicted molar refractivity (Wildman–Crippen MR) is 70.3 cm³/mol. The molecule has 0 aliphatic carbocycles. The van der Waals surface area contributed by atoms with Gasteiger partial charge in [0.2, 0.25) is 0 Å². The molecule has 0 amide bonds. The lowest BCUT2D eigenvalue weighted by molar-refractivity contribution is 0.0690. The lowest BCUT2D eigenvalue weighted by atomic mass is 9.92. The number of aromatic nitrogens is 1. The van der Waals surface area contributed by atoms with Crippen molar-refractivity contribution < 1.29 is 9.52 Å². The third-order valence-corrected chi connectivity index (χ3v) is 3.88. The fourth-order valence-electron chi connectivity index (χ4n) is 2.67. The highest BCUT2D eigenvalue weighted by molar-refractivity contribution is 5.11. The van der Waals surface area contributed by atoms with Gasteiger partial charge in [-0.2, -0.15) is 0 Å². The van der Waals surface area contributed by atoms with Crippen molar-refractivity contribution >= 4 is 0 Å². The number of rotatable bonds is 4. The Balaban J connectivity index is 1.90. The molecule has 1 aromatic rings. The van der Waals surface area contributed by atoms with E-state index in [2.05, 4.69) is 23.7 Å². The Morgan fingerprint density at radius 3 is 2.61 bits per heavy atom. The van der Waals surface area contributed by atoms with E-state index in [9.17, 15) is 5.11 Å². The van der Waals surface area contributed by atoms with Crippen LogP contribution in [0.15, 0.2) is 10.8 Å². The number of hydrogen-bond acceptors (Lipinski definition) is 4. The third kappa shape index (κ3) is 3.12. The molecule has 1 aliphatic heterocycles. The van der Waals surface area contributed by atoms with Gasteiger partial charge in [-0.1, -0.05) is 13.8 Å². The molecule has 1 atom stereocenters.